The van der Waals surface area contributed by atoms with E-state index < -0.39 is 16.6 Å². The van der Waals surface area contributed by atoms with Gasteiger partial charge in [-0.05, 0) is 25.3 Å². The molecule has 2 aliphatic rings. The summed E-state index contributed by atoms with van der Waals surface area (Å²) >= 11 is 0. The first-order valence-corrected chi connectivity index (χ1v) is 9.67. The lowest BCUT2D eigenvalue weighted by Gasteiger charge is -2.42. The molecule has 1 aliphatic heterocycles. The largest absolute Gasteiger partial charge is 0.347 e. The molecule has 2 fully saturated rings. The molecule has 1 aliphatic carbocycles. The van der Waals surface area contributed by atoms with Crippen LogP contribution >= 0.6 is 0 Å². The molecule has 1 N–H and O–H groups in total. The lowest BCUT2D eigenvalue weighted by Crippen LogP contribution is -2.54. The average molecular weight is 317 g/mol. The molecule has 1 spiro atoms. The molecule has 0 amide bonds. The minimum absolute atomic E-state index is 0.126. The van der Waals surface area contributed by atoms with Crippen molar-refractivity contribution in [3.63, 3.8) is 0 Å². The van der Waals surface area contributed by atoms with Gasteiger partial charge in [0.1, 0.15) is 0 Å². The van der Waals surface area contributed by atoms with Gasteiger partial charge in [-0.15, -0.1) is 0 Å². The summed E-state index contributed by atoms with van der Waals surface area (Å²) in [4.78, 5) is 0. The Kier molecular flexibility index (Phi) is 6.24. The van der Waals surface area contributed by atoms with Crippen molar-refractivity contribution < 1.29 is 13.7 Å². The number of hydrogen-bond donors (Lipinski definition) is 1. The Labute approximate surface area is 131 Å². The predicted molar refractivity (Wildman–Crippen MR) is 86.8 cm³/mol. The molecule has 21 heavy (non-hydrogen) atoms. The van der Waals surface area contributed by atoms with Crippen LogP contribution < -0.4 is 5.32 Å². The molecule has 1 saturated heterocycles. The minimum Gasteiger partial charge on any atom is -0.347 e. The van der Waals surface area contributed by atoms with Gasteiger partial charge < -0.3 is 14.8 Å². The van der Waals surface area contributed by atoms with Crippen LogP contribution in [0.25, 0.3) is 0 Å². The second kappa shape index (κ2) is 7.53. The summed E-state index contributed by atoms with van der Waals surface area (Å²) in [5.41, 5.74) is 0. The summed E-state index contributed by atoms with van der Waals surface area (Å²) in [6.45, 7) is 10.9. The van der Waals surface area contributed by atoms with E-state index in [-0.39, 0.29) is 10.5 Å². The highest BCUT2D eigenvalue weighted by molar-refractivity contribution is 7.86. The molecule has 0 radical (unpaired) electrons. The Balaban J connectivity index is 2.10. The minimum atomic E-state index is -0.859. The molecule has 5 heteroatoms. The molecule has 4 atom stereocenters. The van der Waals surface area contributed by atoms with Crippen LogP contribution in [-0.4, -0.2) is 46.3 Å². The topological polar surface area (TPSA) is 47.6 Å². The van der Waals surface area contributed by atoms with Crippen molar-refractivity contribution in [2.75, 3.05) is 19.8 Å². The molecule has 0 bridgehead atoms. The van der Waals surface area contributed by atoms with E-state index in [1.165, 1.54) is 0 Å². The standard InChI is InChI=1S/C16H31NO3S/c1-5-8-17-14-6-7-16(19-9-10-20-16)11-15(14)21(18)13(4)12(2)3/h12-15,17H,5-11H2,1-4H3. The van der Waals surface area contributed by atoms with Crippen LogP contribution in [0.4, 0.5) is 0 Å². The summed E-state index contributed by atoms with van der Waals surface area (Å²) in [7, 11) is -0.859. The molecule has 0 aromatic heterocycles. The van der Waals surface area contributed by atoms with Crippen molar-refractivity contribution in [3.05, 3.63) is 0 Å². The summed E-state index contributed by atoms with van der Waals surface area (Å²) in [6.07, 6.45) is 3.77. The fourth-order valence-corrected chi connectivity index (χ4v) is 5.28. The van der Waals surface area contributed by atoms with Gasteiger partial charge in [0.25, 0.3) is 0 Å². The maximum Gasteiger partial charge on any atom is 0.169 e. The zero-order valence-corrected chi connectivity index (χ0v) is 14.7. The first-order valence-electron chi connectivity index (χ1n) is 8.40. The second-order valence-electron chi connectivity index (χ2n) is 6.73. The van der Waals surface area contributed by atoms with E-state index in [2.05, 4.69) is 33.0 Å². The summed E-state index contributed by atoms with van der Waals surface area (Å²) in [5.74, 6) is -0.0255. The zero-order chi connectivity index (χ0) is 15.5. The fourth-order valence-electron chi connectivity index (χ4n) is 3.22. The molecule has 4 unspecified atom stereocenters. The smallest absolute Gasteiger partial charge is 0.169 e. The molecule has 0 aromatic rings. The monoisotopic (exact) mass is 317 g/mol. The molecular weight excluding hydrogens is 286 g/mol. The third kappa shape index (κ3) is 4.06. The van der Waals surface area contributed by atoms with Crippen molar-refractivity contribution in [2.45, 2.75) is 75.7 Å². The highest BCUT2D eigenvalue weighted by atomic mass is 32.2. The Hall–Kier alpha value is 0.0300. The van der Waals surface area contributed by atoms with E-state index in [9.17, 15) is 4.21 Å². The van der Waals surface area contributed by atoms with Gasteiger partial charge in [-0.3, -0.25) is 4.21 Å². The Morgan fingerprint density at radius 3 is 2.52 bits per heavy atom. The van der Waals surface area contributed by atoms with E-state index in [4.69, 9.17) is 9.47 Å². The number of nitrogens with one attached hydrogen (secondary N) is 1. The first kappa shape index (κ1) is 17.4. The number of ether oxygens (including phenoxy) is 2. The van der Waals surface area contributed by atoms with Crippen LogP contribution in [0.5, 0.6) is 0 Å². The van der Waals surface area contributed by atoms with Gasteiger partial charge in [0.05, 0.1) is 18.5 Å². The SMILES string of the molecule is CCCNC1CCC2(CC1S(=O)C(C)C(C)C)OCCO2. The van der Waals surface area contributed by atoms with Gasteiger partial charge in [0.2, 0.25) is 0 Å². The van der Waals surface area contributed by atoms with Crippen LogP contribution in [0.3, 0.4) is 0 Å². The Morgan fingerprint density at radius 1 is 1.29 bits per heavy atom. The Morgan fingerprint density at radius 2 is 1.95 bits per heavy atom. The summed E-state index contributed by atoms with van der Waals surface area (Å²) in [6, 6.07) is 0.324. The van der Waals surface area contributed by atoms with E-state index in [1.807, 2.05) is 0 Å². The van der Waals surface area contributed by atoms with Crippen LogP contribution in [-0.2, 0) is 20.3 Å². The van der Waals surface area contributed by atoms with Crippen molar-refractivity contribution in [1.29, 1.82) is 0 Å². The van der Waals surface area contributed by atoms with Crippen LogP contribution in [0.2, 0.25) is 0 Å². The Bertz CT molecular complexity index is 355. The number of hydrogen-bond acceptors (Lipinski definition) is 4. The lowest BCUT2D eigenvalue weighted by atomic mass is 9.89. The third-order valence-corrected chi connectivity index (χ3v) is 7.24. The number of rotatable bonds is 6. The molecule has 2 rings (SSSR count). The van der Waals surface area contributed by atoms with Gasteiger partial charge in [0, 0.05) is 34.9 Å². The first-order chi connectivity index (χ1) is 9.99. The summed E-state index contributed by atoms with van der Waals surface area (Å²) < 4.78 is 24.8. The highest BCUT2D eigenvalue weighted by Crippen LogP contribution is 2.39. The average Bonchev–Trinajstić information content (AvgIpc) is 2.92. The molecule has 1 heterocycles. The normalized spacial score (nSPS) is 31.7. The molecule has 0 aromatic carbocycles. The van der Waals surface area contributed by atoms with E-state index in [0.717, 1.165) is 32.2 Å². The predicted octanol–water partition coefficient (Wildman–Crippen LogP) is 2.44. The zero-order valence-electron chi connectivity index (χ0n) is 13.9. The van der Waals surface area contributed by atoms with Crippen molar-refractivity contribution in [1.82, 2.24) is 5.32 Å². The van der Waals surface area contributed by atoms with Crippen molar-refractivity contribution in [2.24, 2.45) is 5.92 Å². The van der Waals surface area contributed by atoms with E-state index in [1.54, 1.807) is 0 Å². The quantitative estimate of drug-likeness (QED) is 0.817. The van der Waals surface area contributed by atoms with Crippen LogP contribution in [0.1, 0.15) is 53.4 Å². The lowest BCUT2D eigenvalue weighted by molar-refractivity contribution is -0.178. The third-order valence-electron chi connectivity index (χ3n) is 4.87. The maximum atomic E-state index is 13.0. The van der Waals surface area contributed by atoms with Gasteiger partial charge in [-0.2, -0.15) is 0 Å². The van der Waals surface area contributed by atoms with E-state index >= 15 is 0 Å². The molecule has 124 valence electrons. The molecule has 4 nitrogen and oxygen atoms in total. The highest BCUT2D eigenvalue weighted by Gasteiger charge is 2.47. The van der Waals surface area contributed by atoms with Crippen LogP contribution in [0, 0.1) is 5.92 Å². The molecular formula is C16H31NO3S. The fraction of sp³-hybridized carbons (Fsp3) is 1.00. The van der Waals surface area contributed by atoms with Gasteiger partial charge >= 0.3 is 0 Å². The molecule has 1 saturated carbocycles. The van der Waals surface area contributed by atoms with Gasteiger partial charge in [0.15, 0.2) is 5.79 Å². The maximum absolute atomic E-state index is 13.0. The second-order valence-corrected chi connectivity index (χ2v) is 8.73. The van der Waals surface area contributed by atoms with Gasteiger partial charge in [-0.1, -0.05) is 27.7 Å². The van der Waals surface area contributed by atoms with Gasteiger partial charge in [-0.25, -0.2) is 0 Å². The van der Waals surface area contributed by atoms with Crippen molar-refractivity contribution >= 4 is 10.8 Å². The summed E-state index contributed by atoms with van der Waals surface area (Å²) in [5, 5.41) is 3.93. The van der Waals surface area contributed by atoms with Crippen LogP contribution in [0.15, 0.2) is 0 Å². The van der Waals surface area contributed by atoms with Crippen molar-refractivity contribution in [3.8, 4) is 0 Å². The van der Waals surface area contributed by atoms with E-state index in [0.29, 0.717) is 25.2 Å².